The summed E-state index contributed by atoms with van der Waals surface area (Å²) in [6.07, 6.45) is -1.63. The zero-order valence-electron chi connectivity index (χ0n) is 9.05. The lowest BCUT2D eigenvalue weighted by molar-refractivity contribution is -0.152. The Morgan fingerprint density at radius 3 is 2.50 bits per heavy atom. The molecule has 1 N–H and O–H groups in total. The summed E-state index contributed by atoms with van der Waals surface area (Å²) in [6.45, 7) is 1.83. The highest BCUT2D eigenvalue weighted by Crippen LogP contribution is 2.06. The number of aliphatic hydroxyl groups excluding tert-OH is 1. The van der Waals surface area contributed by atoms with Gasteiger partial charge in [0.15, 0.2) is 11.9 Å². The number of esters is 1. The van der Waals surface area contributed by atoms with Crippen LogP contribution in [-0.4, -0.2) is 29.6 Å². The fourth-order valence-corrected chi connectivity index (χ4v) is 1.24. The second-order valence-electron chi connectivity index (χ2n) is 3.26. The van der Waals surface area contributed by atoms with Gasteiger partial charge < -0.3 is 9.84 Å². The molecule has 0 spiro atoms. The smallest absolute Gasteiger partial charge is 0.335 e. The molecule has 0 aliphatic carbocycles. The largest absolute Gasteiger partial charge is 0.464 e. The topological polar surface area (TPSA) is 63.6 Å². The molecule has 0 saturated heterocycles. The number of ether oxygens (including phenoxy) is 1. The van der Waals surface area contributed by atoms with Crippen molar-refractivity contribution in [3.8, 4) is 0 Å². The lowest BCUT2D eigenvalue weighted by Gasteiger charge is -2.08. The van der Waals surface area contributed by atoms with Crippen LogP contribution < -0.4 is 0 Å². The summed E-state index contributed by atoms with van der Waals surface area (Å²) >= 11 is 0. The summed E-state index contributed by atoms with van der Waals surface area (Å²) in [6, 6.07) is 8.52. The Morgan fingerprint density at radius 1 is 1.31 bits per heavy atom. The molecule has 0 unspecified atom stereocenters. The van der Waals surface area contributed by atoms with E-state index in [0.717, 1.165) is 0 Å². The Labute approximate surface area is 93.9 Å². The molecule has 1 aromatic rings. The van der Waals surface area contributed by atoms with E-state index >= 15 is 0 Å². The van der Waals surface area contributed by atoms with Crippen molar-refractivity contribution in [2.45, 2.75) is 19.4 Å². The molecule has 86 valence electrons. The van der Waals surface area contributed by atoms with E-state index in [1.807, 2.05) is 0 Å². The molecule has 4 nitrogen and oxygen atoms in total. The summed E-state index contributed by atoms with van der Waals surface area (Å²) in [5.74, 6) is -1.03. The van der Waals surface area contributed by atoms with Gasteiger partial charge in [0, 0.05) is 12.0 Å². The Kier molecular flexibility index (Phi) is 4.66. The normalized spacial score (nSPS) is 11.9. The first-order valence-corrected chi connectivity index (χ1v) is 5.08. The van der Waals surface area contributed by atoms with Crippen molar-refractivity contribution in [1.29, 1.82) is 0 Å². The fraction of sp³-hybridized carbons (Fsp3) is 0.333. The molecule has 1 atom stereocenters. The van der Waals surface area contributed by atoms with Gasteiger partial charge in [-0.1, -0.05) is 30.3 Å². The minimum Gasteiger partial charge on any atom is -0.464 e. The maximum absolute atomic E-state index is 11.6. The fourth-order valence-electron chi connectivity index (χ4n) is 1.24. The Balaban J connectivity index is 2.55. The summed E-state index contributed by atoms with van der Waals surface area (Å²) in [5.41, 5.74) is 0.478. The predicted octanol–water partition coefficient (Wildman–Crippen LogP) is 1.18. The molecular formula is C12H14O4. The third kappa shape index (κ3) is 3.47. The number of ketones is 1. The van der Waals surface area contributed by atoms with Gasteiger partial charge in [0.1, 0.15) is 0 Å². The maximum atomic E-state index is 11.6. The molecule has 0 saturated carbocycles. The number of carbonyl (C=O) groups excluding carboxylic acids is 2. The van der Waals surface area contributed by atoms with Crippen LogP contribution in [0.2, 0.25) is 0 Å². The molecule has 0 heterocycles. The van der Waals surface area contributed by atoms with Crippen LogP contribution >= 0.6 is 0 Å². The average Bonchev–Trinajstić information content (AvgIpc) is 2.30. The number of Topliss-reactive ketones (excluding diaryl/α,β-unsaturated/α-hetero) is 1. The molecule has 1 aromatic carbocycles. The lowest BCUT2D eigenvalue weighted by Crippen LogP contribution is -2.26. The number of benzene rings is 1. The molecule has 0 aliphatic rings. The number of rotatable bonds is 5. The van der Waals surface area contributed by atoms with Gasteiger partial charge in [-0.15, -0.1) is 0 Å². The van der Waals surface area contributed by atoms with Crippen LogP contribution in [0.25, 0.3) is 0 Å². The molecule has 0 bridgehead atoms. The number of hydrogen-bond acceptors (Lipinski definition) is 4. The molecule has 4 heteroatoms. The van der Waals surface area contributed by atoms with Gasteiger partial charge in [-0.05, 0) is 6.92 Å². The van der Waals surface area contributed by atoms with Gasteiger partial charge in [0.05, 0.1) is 6.61 Å². The van der Waals surface area contributed by atoms with Crippen molar-refractivity contribution in [2.24, 2.45) is 0 Å². The second kappa shape index (κ2) is 6.02. The monoisotopic (exact) mass is 222 g/mol. The molecule has 0 amide bonds. The van der Waals surface area contributed by atoms with E-state index in [-0.39, 0.29) is 18.8 Å². The minimum atomic E-state index is -1.38. The maximum Gasteiger partial charge on any atom is 0.335 e. The van der Waals surface area contributed by atoms with E-state index < -0.39 is 12.1 Å². The number of carbonyl (C=O) groups is 2. The van der Waals surface area contributed by atoms with Crippen LogP contribution in [0.15, 0.2) is 30.3 Å². The second-order valence-corrected chi connectivity index (χ2v) is 3.26. The molecule has 0 aromatic heterocycles. The molecule has 16 heavy (non-hydrogen) atoms. The van der Waals surface area contributed by atoms with Crippen LogP contribution in [0, 0.1) is 0 Å². The van der Waals surface area contributed by atoms with Crippen molar-refractivity contribution in [1.82, 2.24) is 0 Å². The van der Waals surface area contributed by atoms with Gasteiger partial charge in [0.2, 0.25) is 0 Å². The van der Waals surface area contributed by atoms with Crippen LogP contribution in [0.4, 0.5) is 0 Å². The highest BCUT2D eigenvalue weighted by atomic mass is 16.5. The van der Waals surface area contributed by atoms with E-state index in [1.54, 1.807) is 37.3 Å². The van der Waals surface area contributed by atoms with Crippen LogP contribution in [-0.2, 0) is 9.53 Å². The highest BCUT2D eigenvalue weighted by Gasteiger charge is 2.20. The van der Waals surface area contributed by atoms with Crippen molar-refractivity contribution >= 4 is 11.8 Å². The highest BCUT2D eigenvalue weighted by molar-refractivity contribution is 5.98. The zero-order valence-corrected chi connectivity index (χ0v) is 9.05. The molecule has 0 aliphatic heterocycles. The molecular weight excluding hydrogens is 208 g/mol. The standard InChI is InChI=1S/C12H14O4/c1-2-16-12(15)11(14)8-10(13)9-6-4-3-5-7-9/h3-7,11,14H,2,8H2,1H3/t11-/m0/s1. The summed E-state index contributed by atoms with van der Waals surface area (Å²) < 4.78 is 4.60. The van der Waals surface area contributed by atoms with E-state index in [4.69, 9.17) is 0 Å². The van der Waals surface area contributed by atoms with Gasteiger partial charge >= 0.3 is 5.97 Å². The first kappa shape index (κ1) is 12.4. The van der Waals surface area contributed by atoms with Crippen LogP contribution in [0.5, 0.6) is 0 Å². The van der Waals surface area contributed by atoms with Gasteiger partial charge in [-0.3, -0.25) is 4.79 Å². The van der Waals surface area contributed by atoms with Gasteiger partial charge in [-0.2, -0.15) is 0 Å². The lowest BCUT2D eigenvalue weighted by atomic mass is 10.1. The van der Waals surface area contributed by atoms with E-state index in [0.29, 0.717) is 5.56 Å². The first-order chi connectivity index (χ1) is 7.65. The van der Waals surface area contributed by atoms with Gasteiger partial charge in [-0.25, -0.2) is 4.79 Å². The van der Waals surface area contributed by atoms with Crippen LogP contribution in [0.1, 0.15) is 23.7 Å². The molecule has 0 fully saturated rings. The van der Waals surface area contributed by atoms with E-state index in [1.165, 1.54) is 0 Å². The Hall–Kier alpha value is -1.68. The molecule has 1 rings (SSSR count). The summed E-state index contributed by atoms with van der Waals surface area (Å²) in [4.78, 5) is 22.7. The van der Waals surface area contributed by atoms with Crippen molar-refractivity contribution in [2.75, 3.05) is 6.61 Å². The van der Waals surface area contributed by atoms with Crippen molar-refractivity contribution in [3.63, 3.8) is 0 Å². The average molecular weight is 222 g/mol. The minimum absolute atomic E-state index is 0.190. The first-order valence-electron chi connectivity index (χ1n) is 5.08. The quantitative estimate of drug-likeness (QED) is 0.600. The third-order valence-electron chi connectivity index (χ3n) is 2.03. The van der Waals surface area contributed by atoms with Crippen LogP contribution in [0.3, 0.4) is 0 Å². The zero-order chi connectivity index (χ0) is 12.0. The van der Waals surface area contributed by atoms with Gasteiger partial charge in [0.25, 0.3) is 0 Å². The Bertz CT molecular complexity index is 359. The number of hydrogen-bond donors (Lipinski definition) is 1. The third-order valence-corrected chi connectivity index (χ3v) is 2.03. The summed E-state index contributed by atoms with van der Waals surface area (Å²) in [7, 11) is 0. The van der Waals surface area contributed by atoms with Crippen molar-refractivity contribution in [3.05, 3.63) is 35.9 Å². The van der Waals surface area contributed by atoms with E-state index in [2.05, 4.69) is 4.74 Å². The Morgan fingerprint density at radius 2 is 1.94 bits per heavy atom. The number of aliphatic hydroxyl groups is 1. The van der Waals surface area contributed by atoms with Crippen molar-refractivity contribution < 1.29 is 19.4 Å². The predicted molar refractivity (Wildman–Crippen MR) is 58.0 cm³/mol. The summed E-state index contributed by atoms with van der Waals surface area (Å²) in [5, 5.41) is 9.39. The van der Waals surface area contributed by atoms with E-state index in [9.17, 15) is 14.7 Å². The SMILES string of the molecule is CCOC(=O)[C@@H](O)CC(=O)c1ccccc1. The molecule has 0 radical (unpaired) electrons.